The topological polar surface area (TPSA) is 113 Å². The number of aliphatic carboxylic acids is 1. The lowest BCUT2D eigenvalue weighted by molar-refractivity contribution is -0.139. The number of carbonyl (C=O) groups excluding carboxylic acids is 1. The number of methoxy groups -OCH3 is 1. The number of ketones is 1. The molecule has 0 fully saturated rings. The molecule has 0 aromatic heterocycles. The molecule has 0 saturated carbocycles. The van der Waals surface area contributed by atoms with Gasteiger partial charge in [-0.25, -0.2) is 4.79 Å². The maximum atomic E-state index is 12.3. The maximum Gasteiger partial charge on any atom is 0.341 e. The zero-order valence-electron chi connectivity index (χ0n) is 13.6. The van der Waals surface area contributed by atoms with Crippen molar-refractivity contribution < 1.29 is 34.4 Å². The second-order valence-electron chi connectivity index (χ2n) is 5.29. The Kier molecular flexibility index (Phi) is 5.84. The number of benzene rings is 2. The Labute approximate surface area is 144 Å². The Balaban J connectivity index is 2.06. The van der Waals surface area contributed by atoms with Gasteiger partial charge in [-0.3, -0.25) is 4.79 Å². The van der Waals surface area contributed by atoms with Crippen LogP contribution in [0.15, 0.2) is 36.4 Å². The summed E-state index contributed by atoms with van der Waals surface area (Å²) in [7, 11) is 1.44. The Morgan fingerprint density at radius 2 is 1.80 bits per heavy atom. The van der Waals surface area contributed by atoms with Gasteiger partial charge in [-0.15, -0.1) is 0 Å². The molecule has 7 nitrogen and oxygen atoms in total. The first-order valence-electron chi connectivity index (χ1n) is 7.47. The van der Waals surface area contributed by atoms with Crippen LogP contribution in [0.4, 0.5) is 0 Å². The first-order chi connectivity index (χ1) is 11.9. The molecule has 0 aliphatic carbocycles. The molecule has 0 bridgehead atoms. The molecule has 0 aliphatic rings. The fourth-order valence-corrected chi connectivity index (χ4v) is 2.26. The minimum absolute atomic E-state index is 0.0145. The number of carboxylic acid groups (broad SMARTS) is 1. The van der Waals surface area contributed by atoms with E-state index < -0.39 is 12.6 Å². The number of carbonyl (C=O) groups is 2. The van der Waals surface area contributed by atoms with Crippen molar-refractivity contribution in [3.05, 3.63) is 47.5 Å². The molecule has 0 amide bonds. The van der Waals surface area contributed by atoms with Crippen molar-refractivity contribution >= 4 is 11.8 Å². The molecule has 0 aliphatic heterocycles. The predicted octanol–water partition coefficient (Wildman–Crippen LogP) is 2.39. The third kappa shape index (κ3) is 4.87. The van der Waals surface area contributed by atoms with Crippen molar-refractivity contribution in [2.24, 2.45) is 0 Å². The van der Waals surface area contributed by atoms with Gasteiger partial charge in [0.15, 0.2) is 23.9 Å². The number of Topliss-reactive ketones (excluding diaryl/α,β-unsaturated/α-hetero) is 1. The van der Waals surface area contributed by atoms with Crippen molar-refractivity contribution in [1.29, 1.82) is 0 Å². The van der Waals surface area contributed by atoms with Crippen LogP contribution < -0.4 is 9.47 Å². The highest BCUT2D eigenvalue weighted by molar-refractivity contribution is 5.99. The molecule has 132 valence electrons. The van der Waals surface area contributed by atoms with Gasteiger partial charge in [0.2, 0.25) is 0 Å². The van der Waals surface area contributed by atoms with Crippen molar-refractivity contribution in [3.8, 4) is 23.0 Å². The second kappa shape index (κ2) is 8.05. The summed E-state index contributed by atoms with van der Waals surface area (Å²) in [5, 5.41) is 28.2. The quantitative estimate of drug-likeness (QED) is 0.629. The normalized spacial score (nSPS) is 10.3. The van der Waals surface area contributed by atoms with Crippen LogP contribution in [0.2, 0.25) is 0 Å². The average molecular weight is 346 g/mol. The van der Waals surface area contributed by atoms with E-state index in [0.29, 0.717) is 12.2 Å². The molecule has 25 heavy (non-hydrogen) atoms. The summed E-state index contributed by atoms with van der Waals surface area (Å²) in [5.74, 6) is -1.15. The van der Waals surface area contributed by atoms with Gasteiger partial charge in [-0.2, -0.15) is 0 Å². The number of ether oxygens (including phenoxy) is 2. The third-order valence-electron chi connectivity index (χ3n) is 3.51. The van der Waals surface area contributed by atoms with Crippen LogP contribution in [0, 0.1) is 0 Å². The van der Waals surface area contributed by atoms with Gasteiger partial charge < -0.3 is 24.8 Å². The zero-order valence-corrected chi connectivity index (χ0v) is 13.6. The Morgan fingerprint density at radius 3 is 2.44 bits per heavy atom. The van der Waals surface area contributed by atoms with E-state index in [1.165, 1.54) is 31.4 Å². The fraction of sp³-hybridized carbons (Fsp3) is 0.222. The summed E-state index contributed by atoms with van der Waals surface area (Å²) in [6, 6.07) is 8.83. The summed E-state index contributed by atoms with van der Waals surface area (Å²) in [6.07, 6.45) is 0.456. The Morgan fingerprint density at radius 1 is 1.04 bits per heavy atom. The van der Waals surface area contributed by atoms with E-state index in [-0.39, 0.29) is 35.0 Å². The lowest BCUT2D eigenvalue weighted by atomic mass is 10.0. The van der Waals surface area contributed by atoms with E-state index in [2.05, 4.69) is 0 Å². The fourth-order valence-electron chi connectivity index (χ4n) is 2.26. The minimum Gasteiger partial charge on any atom is -0.507 e. The summed E-state index contributed by atoms with van der Waals surface area (Å²) in [4.78, 5) is 22.8. The van der Waals surface area contributed by atoms with Gasteiger partial charge in [0.1, 0.15) is 11.5 Å². The molecule has 3 N–H and O–H groups in total. The number of rotatable bonds is 8. The molecule has 0 radical (unpaired) electrons. The molecular formula is C18H18O7. The first kappa shape index (κ1) is 18.1. The van der Waals surface area contributed by atoms with Crippen LogP contribution >= 0.6 is 0 Å². The highest BCUT2D eigenvalue weighted by Gasteiger charge is 2.14. The van der Waals surface area contributed by atoms with Crippen molar-refractivity contribution in [2.75, 3.05) is 13.7 Å². The maximum absolute atomic E-state index is 12.3. The van der Waals surface area contributed by atoms with E-state index in [0.717, 1.165) is 5.56 Å². The second-order valence-corrected chi connectivity index (χ2v) is 5.29. The smallest absolute Gasteiger partial charge is 0.341 e. The van der Waals surface area contributed by atoms with Gasteiger partial charge in [-0.1, -0.05) is 6.07 Å². The highest BCUT2D eigenvalue weighted by Crippen LogP contribution is 2.28. The van der Waals surface area contributed by atoms with Crippen LogP contribution in [0.1, 0.15) is 22.3 Å². The van der Waals surface area contributed by atoms with Gasteiger partial charge in [0.05, 0.1) is 12.7 Å². The standard InChI is InChI=1S/C18H18O7/c1-24-17-7-3-11(8-16(17)21)2-5-14(19)13-9-12(4-6-15(13)20)25-10-18(22)23/h3-4,6-9,20-21H,2,5,10H2,1H3,(H,22,23). The molecule has 0 atom stereocenters. The van der Waals surface area contributed by atoms with Gasteiger partial charge in [0, 0.05) is 6.42 Å². The lowest BCUT2D eigenvalue weighted by Crippen LogP contribution is -2.10. The van der Waals surface area contributed by atoms with Crippen LogP contribution in [-0.2, 0) is 11.2 Å². The molecule has 7 heteroatoms. The number of carboxylic acids is 1. The molecule has 0 spiro atoms. The van der Waals surface area contributed by atoms with Gasteiger partial charge >= 0.3 is 5.97 Å². The van der Waals surface area contributed by atoms with Crippen LogP contribution in [0.3, 0.4) is 0 Å². The first-order valence-corrected chi connectivity index (χ1v) is 7.47. The van der Waals surface area contributed by atoms with E-state index in [9.17, 15) is 19.8 Å². The molecule has 0 saturated heterocycles. The number of hydrogen-bond donors (Lipinski definition) is 3. The number of phenolic OH excluding ortho intramolecular Hbond substituents is 2. The van der Waals surface area contributed by atoms with Gasteiger partial charge in [-0.05, 0) is 42.3 Å². The number of phenols is 2. The van der Waals surface area contributed by atoms with E-state index in [4.69, 9.17) is 14.6 Å². The molecule has 0 unspecified atom stereocenters. The number of hydrogen-bond acceptors (Lipinski definition) is 6. The Bertz CT molecular complexity index is 783. The van der Waals surface area contributed by atoms with Crippen molar-refractivity contribution in [3.63, 3.8) is 0 Å². The average Bonchev–Trinajstić information content (AvgIpc) is 2.59. The number of aryl methyl sites for hydroxylation is 1. The SMILES string of the molecule is COc1ccc(CCC(=O)c2cc(OCC(=O)O)ccc2O)cc1O. The molecule has 2 rings (SSSR count). The van der Waals surface area contributed by atoms with Crippen LogP contribution in [0.5, 0.6) is 23.0 Å². The lowest BCUT2D eigenvalue weighted by Gasteiger charge is -2.09. The van der Waals surface area contributed by atoms with Crippen LogP contribution in [0.25, 0.3) is 0 Å². The summed E-state index contributed by atoms with van der Waals surface area (Å²) in [6.45, 7) is -0.538. The van der Waals surface area contributed by atoms with Crippen molar-refractivity contribution in [2.45, 2.75) is 12.8 Å². The van der Waals surface area contributed by atoms with Crippen LogP contribution in [-0.4, -0.2) is 40.8 Å². The molecule has 0 heterocycles. The van der Waals surface area contributed by atoms with E-state index in [1.54, 1.807) is 12.1 Å². The predicted molar refractivity (Wildman–Crippen MR) is 88.5 cm³/mol. The summed E-state index contributed by atoms with van der Waals surface area (Å²) < 4.78 is 9.97. The number of aromatic hydroxyl groups is 2. The summed E-state index contributed by atoms with van der Waals surface area (Å²) in [5.41, 5.74) is 0.796. The monoisotopic (exact) mass is 346 g/mol. The zero-order chi connectivity index (χ0) is 18.4. The van der Waals surface area contributed by atoms with E-state index in [1.807, 2.05) is 0 Å². The van der Waals surface area contributed by atoms with Gasteiger partial charge in [0.25, 0.3) is 0 Å². The third-order valence-corrected chi connectivity index (χ3v) is 3.51. The molecule has 2 aromatic rings. The molecule has 2 aromatic carbocycles. The highest BCUT2D eigenvalue weighted by atomic mass is 16.5. The van der Waals surface area contributed by atoms with Crippen molar-refractivity contribution in [1.82, 2.24) is 0 Å². The minimum atomic E-state index is -1.14. The molecular weight excluding hydrogens is 328 g/mol. The Hall–Kier alpha value is -3.22. The van der Waals surface area contributed by atoms with E-state index >= 15 is 0 Å². The summed E-state index contributed by atoms with van der Waals surface area (Å²) >= 11 is 0. The largest absolute Gasteiger partial charge is 0.507 e.